The van der Waals surface area contributed by atoms with Crippen LogP contribution in [-0.4, -0.2) is 48.9 Å². The predicted octanol–water partition coefficient (Wildman–Crippen LogP) is 0.592. The van der Waals surface area contributed by atoms with Gasteiger partial charge in [0.25, 0.3) is 0 Å². The fraction of sp³-hybridized carbons (Fsp3) is 0.615. The summed E-state index contributed by atoms with van der Waals surface area (Å²) in [6.45, 7) is 3.62. The van der Waals surface area contributed by atoms with Gasteiger partial charge in [-0.2, -0.15) is 0 Å². The van der Waals surface area contributed by atoms with Crippen molar-refractivity contribution in [3.63, 3.8) is 0 Å². The highest BCUT2D eigenvalue weighted by Gasteiger charge is 2.30. The van der Waals surface area contributed by atoms with Crippen LogP contribution in [0.5, 0.6) is 0 Å². The van der Waals surface area contributed by atoms with Crippen LogP contribution < -0.4 is 16.0 Å². The van der Waals surface area contributed by atoms with Crippen LogP contribution in [0.4, 0.5) is 9.93 Å². The van der Waals surface area contributed by atoms with Gasteiger partial charge < -0.3 is 16.0 Å². The Labute approximate surface area is 139 Å². The zero-order chi connectivity index (χ0) is 17.0. The molecule has 2 unspecified atom stereocenters. The zero-order valence-electron chi connectivity index (χ0n) is 12.9. The first-order valence-corrected chi connectivity index (χ1v) is 9.95. The Morgan fingerprint density at radius 3 is 2.65 bits per heavy atom. The molecule has 0 radical (unpaired) electrons. The Kier molecular flexibility index (Phi) is 5.58. The van der Waals surface area contributed by atoms with E-state index in [1.807, 2.05) is 13.8 Å². The summed E-state index contributed by atoms with van der Waals surface area (Å²) >= 11 is 1.29. The van der Waals surface area contributed by atoms with Gasteiger partial charge in [-0.1, -0.05) is 13.8 Å². The Balaban J connectivity index is 1.91. The number of carbonyl (C=O) groups excluding carboxylic acids is 2. The van der Waals surface area contributed by atoms with Gasteiger partial charge in [0.1, 0.15) is 6.04 Å². The molecule has 3 N–H and O–H groups in total. The summed E-state index contributed by atoms with van der Waals surface area (Å²) in [6, 6.07) is -1.69. The molecular formula is C13H20N4O4S2. The van der Waals surface area contributed by atoms with Crippen LogP contribution in [0.2, 0.25) is 0 Å². The minimum Gasteiger partial charge on any atom is -0.334 e. The third-order valence-corrected chi connectivity index (χ3v) is 5.92. The van der Waals surface area contributed by atoms with E-state index in [4.69, 9.17) is 0 Å². The Morgan fingerprint density at radius 2 is 2.13 bits per heavy atom. The highest BCUT2D eigenvalue weighted by atomic mass is 32.2. The monoisotopic (exact) mass is 360 g/mol. The topological polar surface area (TPSA) is 117 Å². The molecule has 1 fully saturated rings. The standard InChI is InChI=1S/C13H20N4O4S2/c1-8(2)10(11(18)17-13-14-4-5-22-13)16-12(19)15-9-3-6-23(20,21)7-9/h4-5,8-10H,3,6-7H2,1-2H3,(H,14,17,18)(H2,15,16,19). The molecule has 128 valence electrons. The van der Waals surface area contributed by atoms with Gasteiger partial charge in [0.15, 0.2) is 15.0 Å². The molecule has 0 spiro atoms. The first kappa shape index (κ1) is 17.7. The number of hydrogen-bond donors (Lipinski definition) is 3. The fourth-order valence-corrected chi connectivity index (χ4v) is 4.49. The normalized spacial score (nSPS) is 20.9. The summed E-state index contributed by atoms with van der Waals surface area (Å²) in [4.78, 5) is 28.2. The van der Waals surface area contributed by atoms with Crippen molar-refractivity contribution in [1.82, 2.24) is 15.6 Å². The van der Waals surface area contributed by atoms with Gasteiger partial charge >= 0.3 is 6.03 Å². The molecule has 2 rings (SSSR count). The minimum absolute atomic E-state index is 0.0575. The number of nitrogens with zero attached hydrogens (tertiary/aromatic N) is 1. The molecule has 1 aromatic heterocycles. The Hall–Kier alpha value is -1.68. The van der Waals surface area contributed by atoms with Gasteiger partial charge in [-0.05, 0) is 12.3 Å². The molecule has 2 atom stereocenters. The number of aromatic nitrogens is 1. The number of thiazole rings is 1. The molecule has 1 aromatic rings. The van der Waals surface area contributed by atoms with E-state index in [2.05, 4.69) is 20.9 Å². The molecule has 0 saturated carbocycles. The number of amides is 3. The molecular weight excluding hydrogens is 340 g/mol. The van der Waals surface area contributed by atoms with Gasteiger partial charge in [-0.3, -0.25) is 4.79 Å². The highest BCUT2D eigenvalue weighted by molar-refractivity contribution is 7.91. The van der Waals surface area contributed by atoms with Crippen molar-refractivity contribution in [1.29, 1.82) is 0 Å². The van der Waals surface area contributed by atoms with Crippen LogP contribution in [-0.2, 0) is 14.6 Å². The van der Waals surface area contributed by atoms with E-state index in [1.54, 1.807) is 11.6 Å². The molecule has 1 aliphatic rings. The second kappa shape index (κ2) is 7.26. The van der Waals surface area contributed by atoms with Crippen LogP contribution in [0, 0.1) is 5.92 Å². The van der Waals surface area contributed by atoms with Gasteiger partial charge in [-0.15, -0.1) is 11.3 Å². The molecule has 3 amide bonds. The Bertz CT molecular complexity index is 658. The number of sulfone groups is 1. The average Bonchev–Trinajstić information content (AvgIpc) is 3.05. The zero-order valence-corrected chi connectivity index (χ0v) is 14.5. The van der Waals surface area contributed by atoms with Crippen molar-refractivity contribution >= 4 is 38.2 Å². The average molecular weight is 360 g/mol. The van der Waals surface area contributed by atoms with Crippen molar-refractivity contribution in [2.45, 2.75) is 32.4 Å². The molecule has 1 aliphatic heterocycles. The van der Waals surface area contributed by atoms with E-state index >= 15 is 0 Å². The summed E-state index contributed by atoms with van der Waals surface area (Å²) < 4.78 is 22.8. The number of carbonyl (C=O) groups is 2. The first-order chi connectivity index (χ1) is 10.8. The quantitative estimate of drug-likeness (QED) is 0.710. The van der Waals surface area contributed by atoms with Crippen LogP contribution in [0.25, 0.3) is 0 Å². The van der Waals surface area contributed by atoms with Gasteiger partial charge in [0, 0.05) is 17.6 Å². The molecule has 2 heterocycles. The van der Waals surface area contributed by atoms with Crippen molar-refractivity contribution in [2.24, 2.45) is 5.92 Å². The number of rotatable bonds is 5. The van der Waals surface area contributed by atoms with Crippen LogP contribution in [0.15, 0.2) is 11.6 Å². The molecule has 0 bridgehead atoms. The largest absolute Gasteiger partial charge is 0.334 e. The van der Waals surface area contributed by atoms with E-state index in [1.165, 1.54) is 11.3 Å². The van der Waals surface area contributed by atoms with Crippen LogP contribution in [0.1, 0.15) is 20.3 Å². The smallest absolute Gasteiger partial charge is 0.315 e. The lowest BCUT2D eigenvalue weighted by Crippen LogP contribution is -2.52. The van der Waals surface area contributed by atoms with Crippen LogP contribution >= 0.6 is 11.3 Å². The second-order valence-corrected chi connectivity index (χ2v) is 8.89. The fourth-order valence-electron chi connectivity index (χ4n) is 2.28. The number of urea groups is 1. The third kappa shape index (κ3) is 5.17. The molecule has 8 nitrogen and oxygen atoms in total. The maximum Gasteiger partial charge on any atom is 0.315 e. The maximum absolute atomic E-state index is 12.2. The number of nitrogens with one attached hydrogen (secondary N) is 3. The molecule has 0 aliphatic carbocycles. The van der Waals surface area contributed by atoms with Gasteiger partial charge in [0.05, 0.1) is 11.5 Å². The van der Waals surface area contributed by atoms with Gasteiger partial charge in [0.2, 0.25) is 5.91 Å². The number of hydrogen-bond acceptors (Lipinski definition) is 6. The number of anilines is 1. The summed E-state index contributed by atoms with van der Waals surface area (Å²) in [6.07, 6.45) is 1.97. The second-order valence-electron chi connectivity index (χ2n) is 5.77. The molecule has 0 aromatic carbocycles. The van der Waals surface area contributed by atoms with Crippen molar-refractivity contribution in [3.05, 3.63) is 11.6 Å². The van der Waals surface area contributed by atoms with E-state index in [0.29, 0.717) is 11.6 Å². The highest BCUT2D eigenvalue weighted by Crippen LogP contribution is 2.13. The van der Waals surface area contributed by atoms with Crippen molar-refractivity contribution in [2.75, 3.05) is 16.8 Å². The van der Waals surface area contributed by atoms with Crippen LogP contribution in [0.3, 0.4) is 0 Å². The summed E-state index contributed by atoms with van der Waals surface area (Å²) in [5.74, 6) is -0.467. The lowest BCUT2D eigenvalue weighted by molar-refractivity contribution is -0.118. The SMILES string of the molecule is CC(C)C(NC(=O)NC1CCS(=O)(=O)C1)C(=O)Nc1nccs1. The van der Waals surface area contributed by atoms with E-state index in [0.717, 1.165) is 0 Å². The van der Waals surface area contributed by atoms with Gasteiger partial charge in [-0.25, -0.2) is 18.2 Å². The third-order valence-electron chi connectivity index (χ3n) is 3.47. The molecule has 1 saturated heterocycles. The Morgan fingerprint density at radius 1 is 1.39 bits per heavy atom. The van der Waals surface area contributed by atoms with Crippen molar-refractivity contribution in [3.8, 4) is 0 Å². The first-order valence-electron chi connectivity index (χ1n) is 7.24. The van der Waals surface area contributed by atoms with E-state index < -0.39 is 28.0 Å². The lowest BCUT2D eigenvalue weighted by Gasteiger charge is -2.22. The molecule has 23 heavy (non-hydrogen) atoms. The summed E-state index contributed by atoms with van der Waals surface area (Å²) in [7, 11) is -3.07. The lowest BCUT2D eigenvalue weighted by atomic mass is 10.0. The summed E-state index contributed by atoms with van der Waals surface area (Å²) in [5, 5.41) is 10.1. The van der Waals surface area contributed by atoms with E-state index in [9.17, 15) is 18.0 Å². The molecule has 10 heteroatoms. The minimum atomic E-state index is -3.07. The summed E-state index contributed by atoms with van der Waals surface area (Å²) in [5.41, 5.74) is 0. The maximum atomic E-state index is 12.2. The van der Waals surface area contributed by atoms with E-state index in [-0.39, 0.29) is 23.3 Å². The predicted molar refractivity (Wildman–Crippen MR) is 88.1 cm³/mol. The van der Waals surface area contributed by atoms with Crippen molar-refractivity contribution < 1.29 is 18.0 Å².